The lowest BCUT2D eigenvalue weighted by molar-refractivity contribution is 0.0604. The molecule has 0 aromatic carbocycles. The third-order valence-corrected chi connectivity index (χ3v) is 2.40. The van der Waals surface area contributed by atoms with E-state index >= 15 is 0 Å². The van der Waals surface area contributed by atoms with Crippen molar-refractivity contribution in [2.75, 3.05) is 0 Å². The van der Waals surface area contributed by atoms with Gasteiger partial charge < -0.3 is 21.5 Å². The number of hydrogen-bond acceptors (Lipinski definition) is 4. The maximum absolute atomic E-state index is 11.5. The lowest BCUT2D eigenvalue weighted by atomic mass is 10.1. The van der Waals surface area contributed by atoms with Crippen LogP contribution in [0, 0.1) is 0 Å². The smallest absolute Gasteiger partial charge is 0.407 e. The van der Waals surface area contributed by atoms with E-state index in [2.05, 4.69) is 5.32 Å². The Kier molecular flexibility index (Phi) is 3.25. The van der Waals surface area contributed by atoms with Crippen LogP contribution >= 0.6 is 0 Å². The SMILES string of the molecule is CC(C)(C)NC(=O)OC1CCCC1(N)N. The highest BCUT2D eigenvalue weighted by Crippen LogP contribution is 2.26. The van der Waals surface area contributed by atoms with Crippen LogP contribution in [0.15, 0.2) is 0 Å². The molecule has 5 heteroatoms. The molecule has 5 nitrogen and oxygen atoms in total. The molecule has 0 aromatic rings. The van der Waals surface area contributed by atoms with Gasteiger partial charge in [-0.2, -0.15) is 0 Å². The zero-order chi connectivity index (χ0) is 11.7. The van der Waals surface area contributed by atoms with Crippen LogP contribution in [-0.2, 0) is 4.74 Å². The fraction of sp³-hybridized carbons (Fsp3) is 0.900. The standard InChI is InChI=1S/C10H21N3O2/c1-9(2,3)13-8(14)15-7-5-4-6-10(7,11)12/h7H,4-6,11-12H2,1-3H3,(H,13,14). The van der Waals surface area contributed by atoms with E-state index < -0.39 is 11.8 Å². The van der Waals surface area contributed by atoms with Crippen LogP contribution < -0.4 is 16.8 Å². The third kappa shape index (κ3) is 3.68. The van der Waals surface area contributed by atoms with Gasteiger partial charge in [-0.15, -0.1) is 0 Å². The van der Waals surface area contributed by atoms with Crippen LogP contribution in [0.4, 0.5) is 4.79 Å². The van der Waals surface area contributed by atoms with Gasteiger partial charge in [0.05, 0.1) is 0 Å². The van der Waals surface area contributed by atoms with Crippen molar-refractivity contribution in [1.82, 2.24) is 5.32 Å². The van der Waals surface area contributed by atoms with Crippen molar-refractivity contribution in [2.45, 2.75) is 57.3 Å². The minimum Gasteiger partial charge on any atom is -0.443 e. The lowest BCUT2D eigenvalue weighted by Gasteiger charge is -2.28. The van der Waals surface area contributed by atoms with E-state index in [1.54, 1.807) is 0 Å². The molecule has 0 saturated heterocycles. The number of alkyl carbamates (subject to hydrolysis) is 1. The number of ether oxygens (including phenoxy) is 1. The number of carbonyl (C=O) groups excluding carboxylic acids is 1. The number of carbonyl (C=O) groups is 1. The first kappa shape index (κ1) is 12.3. The van der Waals surface area contributed by atoms with E-state index in [1.165, 1.54) is 0 Å². The first-order valence-electron chi connectivity index (χ1n) is 5.27. The first-order chi connectivity index (χ1) is 6.71. The summed E-state index contributed by atoms with van der Waals surface area (Å²) in [5.41, 5.74) is 10.4. The molecule has 15 heavy (non-hydrogen) atoms. The van der Waals surface area contributed by atoms with Crippen LogP contribution in [-0.4, -0.2) is 23.4 Å². The summed E-state index contributed by atoms with van der Waals surface area (Å²) >= 11 is 0. The monoisotopic (exact) mass is 215 g/mol. The molecular weight excluding hydrogens is 194 g/mol. The number of nitrogens with one attached hydrogen (secondary N) is 1. The second-order valence-electron chi connectivity index (χ2n) is 5.27. The quantitative estimate of drug-likeness (QED) is 0.561. The van der Waals surface area contributed by atoms with Crippen molar-refractivity contribution in [1.29, 1.82) is 0 Å². The van der Waals surface area contributed by atoms with Crippen molar-refractivity contribution in [2.24, 2.45) is 11.5 Å². The summed E-state index contributed by atoms with van der Waals surface area (Å²) in [6, 6.07) is 0. The van der Waals surface area contributed by atoms with Crippen molar-refractivity contribution < 1.29 is 9.53 Å². The van der Waals surface area contributed by atoms with E-state index in [0.29, 0.717) is 6.42 Å². The van der Waals surface area contributed by atoms with E-state index in [9.17, 15) is 4.79 Å². The summed E-state index contributed by atoms with van der Waals surface area (Å²) in [5, 5.41) is 2.71. The predicted molar refractivity (Wildman–Crippen MR) is 58.1 cm³/mol. The zero-order valence-electron chi connectivity index (χ0n) is 9.67. The van der Waals surface area contributed by atoms with E-state index in [0.717, 1.165) is 12.8 Å². The second kappa shape index (κ2) is 3.98. The molecule has 0 radical (unpaired) electrons. The Morgan fingerprint density at radius 2 is 2.07 bits per heavy atom. The molecule has 1 fully saturated rings. The van der Waals surface area contributed by atoms with Gasteiger partial charge in [0.25, 0.3) is 0 Å². The van der Waals surface area contributed by atoms with E-state index in [4.69, 9.17) is 16.2 Å². The molecule has 1 atom stereocenters. The highest BCUT2D eigenvalue weighted by Gasteiger charge is 2.39. The average molecular weight is 215 g/mol. The van der Waals surface area contributed by atoms with Gasteiger partial charge in [-0.05, 0) is 40.0 Å². The molecule has 88 valence electrons. The molecule has 0 bridgehead atoms. The highest BCUT2D eigenvalue weighted by atomic mass is 16.6. The normalized spacial score (nSPS) is 25.0. The second-order valence-corrected chi connectivity index (χ2v) is 5.27. The molecule has 0 aliphatic heterocycles. The Morgan fingerprint density at radius 1 is 1.47 bits per heavy atom. The van der Waals surface area contributed by atoms with E-state index in [-0.39, 0.29) is 11.6 Å². The summed E-state index contributed by atoms with van der Waals surface area (Å²) < 4.78 is 5.20. The number of amides is 1. The Hall–Kier alpha value is -0.810. The Morgan fingerprint density at radius 3 is 2.47 bits per heavy atom. The van der Waals surface area contributed by atoms with Crippen LogP contribution in [0.5, 0.6) is 0 Å². The minimum atomic E-state index is -0.866. The lowest BCUT2D eigenvalue weighted by Crippen LogP contribution is -2.57. The molecular formula is C10H21N3O2. The van der Waals surface area contributed by atoms with Gasteiger partial charge in [-0.1, -0.05) is 0 Å². The number of rotatable bonds is 1. The van der Waals surface area contributed by atoms with Gasteiger partial charge in [-0.3, -0.25) is 0 Å². The summed E-state index contributed by atoms with van der Waals surface area (Å²) in [6.45, 7) is 5.67. The van der Waals surface area contributed by atoms with Gasteiger partial charge >= 0.3 is 6.09 Å². The maximum Gasteiger partial charge on any atom is 0.407 e. The number of hydrogen-bond donors (Lipinski definition) is 3. The van der Waals surface area contributed by atoms with Gasteiger partial charge in [0.1, 0.15) is 11.8 Å². The van der Waals surface area contributed by atoms with Crippen LogP contribution in [0.1, 0.15) is 40.0 Å². The molecule has 1 saturated carbocycles. The topological polar surface area (TPSA) is 90.4 Å². The van der Waals surface area contributed by atoms with Crippen molar-refractivity contribution in [3.05, 3.63) is 0 Å². The molecule has 0 aromatic heterocycles. The molecule has 0 heterocycles. The van der Waals surface area contributed by atoms with Crippen molar-refractivity contribution >= 4 is 6.09 Å². The van der Waals surface area contributed by atoms with Gasteiger partial charge in [-0.25, -0.2) is 4.79 Å². The fourth-order valence-corrected chi connectivity index (χ4v) is 1.66. The zero-order valence-corrected chi connectivity index (χ0v) is 9.67. The summed E-state index contributed by atoms with van der Waals surface area (Å²) in [7, 11) is 0. The number of nitrogens with two attached hydrogens (primary N) is 2. The van der Waals surface area contributed by atoms with E-state index in [1.807, 2.05) is 20.8 Å². The summed E-state index contributed by atoms with van der Waals surface area (Å²) in [6.07, 6.45) is 1.51. The molecule has 1 aliphatic rings. The molecule has 1 unspecified atom stereocenters. The average Bonchev–Trinajstić information content (AvgIpc) is 2.26. The maximum atomic E-state index is 11.5. The van der Waals surface area contributed by atoms with Gasteiger partial charge in [0, 0.05) is 5.54 Å². The van der Waals surface area contributed by atoms with Crippen LogP contribution in [0.2, 0.25) is 0 Å². The largest absolute Gasteiger partial charge is 0.443 e. The molecule has 1 amide bonds. The Labute approximate surface area is 90.5 Å². The Balaban J connectivity index is 2.45. The van der Waals surface area contributed by atoms with Crippen molar-refractivity contribution in [3.63, 3.8) is 0 Å². The molecule has 5 N–H and O–H groups in total. The van der Waals surface area contributed by atoms with Crippen LogP contribution in [0.3, 0.4) is 0 Å². The highest BCUT2D eigenvalue weighted by molar-refractivity contribution is 5.68. The first-order valence-corrected chi connectivity index (χ1v) is 5.27. The predicted octanol–water partition coefficient (Wildman–Crippen LogP) is 0.677. The van der Waals surface area contributed by atoms with Gasteiger partial charge in [0.2, 0.25) is 0 Å². The molecule has 1 aliphatic carbocycles. The summed E-state index contributed by atoms with van der Waals surface area (Å²) in [4.78, 5) is 11.5. The third-order valence-electron chi connectivity index (χ3n) is 2.40. The molecule has 1 rings (SSSR count). The Bertz CT molecular complexity index is 246. The van der Waals surface area contributed by atoms with Crippen LogP contribution in [0.25, 0.3) is 0 Å². The van der Waals surface area contributed by atoms with Gasteiger partial charge in [0.15, 0.2) is 0 Å². The molecule has 0 spiro atoms. The fourth-order valence-electron chi connectivity index (χ4n) is 1.66. The minimum absolute atomic E-state index is 0.304. The van der Waals surface area contributed by atoms with Crippen molar-refractivity contribution in [3.8, 4) is 0 Å². The summed E-state index contributed by atoms with van der Waals surface area (Å²) in [5.74, 6) is 0.